The molecule has 0 aliphatic carbocycles. The molecule has 0 aliphatic rings. The zero-order valence-corrected chi connectivity index (χ0v) is 8.37. The molecule has 0 unspecified atom stereocenters. The Morgan fingerprint density at radius 1 is 1.53 bits per heavy atom. The first-order chi connectivity index (χ1) is 7.02. The summed E-state index contributed by atoms with van der Waals surface area (Å²) in [6.07, 6.45) is 1.54. The van der Waals surface area contributed by atoms with Gasteiger partial charge >= 0.3 is 0 Å². The lowest BCUT2D eigenvalue weighted by atomic mass is 10.1. The molecule has 6 N–H and O–H groups in total. The summed E-state index contributed by atoms with van der Waals surface area (Å²) in [6, 6.07) is 0. The second-order valence-electron chi connectivity index (χ2n) is 3.04. The highest BCUT2D eigenvalue weighted by molar-refractivity contribution is 5.76. The quantitative estimate of drug-likeness (QED) is 0.549. The van der Waals surface area contributed by atoms with Gasteiger partial charge in [0.2, 0.25) is 5.91 Å². The highest BCUT2D eigenvalue weighted by Crippen LogP contribution is 2.19. The molecule has 1 amide bonds. The van der Waals surface area contributed by atoms with Gasteiger partial charge in [-0.25, -0.2) is 4.98 Å². The highest BCUT2D eigenvalue weighted by Gasteiger charge is 2.03. The SMILES string of the molecule is Cc1c(C#CCC(N)=O)cnc(N)c1N. The Morgan fingerprint density at radius 3 is 2.80 bits per heavy atom. The van der Waals surface area contributed by atoms with E-state index in [1.165, 1.54) is 6.20 Å². The van der Waals surface area contributed by atoms with Gasteiger partial charge in [-0.05, 0) is 12.5 Å². The van der Waals surface area contributed by atoms with Crippen LogP contribution in [0.25, 0.3) is 0 Å². The van der Waals surface area contributed by atoms with Crippen molar-refractivity contribution in [3.05, 3.63) is 17.3 Å². The maximum absolute atomic E-state index is 10.5. The van der Waals surface area contributed by atoms with Gasteiger partial charge in [-0.3, -0.25) is 4.79 Å². The van der Waals surface area contributed by atoms with Gasteiger partial charge in [0.25, 0.3) is 0 Å². The normalized spacial score (nSPS) is 9.13. The van der Waals surface area contributed by atoms with Crippen molar-refractivity contribution >= 4 is 17.4 Å². The van der Waals surface area contributed by atoms with E-state index in [0.29, 0.717) is 11.3 Å². The van der Waals surface area contributed by atoms with Crippen molar-refractivity contribution in [2.24, 2.45) is 5.73 Å². The van der Waals surface area contributed by atoms with E-state index in [1.807, 2.05) is 0 Å². The molecule has 1 rings (SSSR count). The minimum Gasteiger partial charge on any atom is -0.395 e. The molecule has 78 valence electrons. The minimum atomic E-state index is -0.462. The number of hydrogen-bond acceptors (Lipinski definition) is 4. The number of carbonyl (C=O) groups excluding carboxylic acids is 1. The van der Waals surface area contributed by atoms with Crippen molar-refractivity contribution in [2.75, 3.05) is 11.5 Å². The van der Waals surface area contributed by atoms with Gasteiger partial charge in [0.05, 0.1) is 12.1 Å². The highest BCUT2D eigenvalue weighted by atomic mass is 16.1. The van der Waals surface area contributed by atoms with E-state index in [1.54, 1.807) is 6.92 Å². The summed E-state index contributed by atoms with van der Waals surface area (Å²) in [6.45, 7) is 1.79. The summed E-state index contributed by atoms with van der Waals surface area (Å²) in [5.74, 6) is 5.21. The number of nitrogens with zero attached hydrogens (tertiary/aromatic N) is 1. The van der Waals surface area contributed by atoms with Crippen LogP contribution in [0.3, 0.4) is 0 Å². The molecule has 0 saturated heterocycles. The standard InChI is InChI=1S/C10H12N4O/c1-6-7(3-2-4-8(11)15)5-14-10(13)9(6)12/h5H,4,12H2,1H3,(H2,11,15)(H2,13,14). The van der Waals surface area contributed by atoms with Crippen LogP contribution in [0.15, 0.2) is 6.20 Å². The second kappa shape index (κ2) is 4.33. The lowest BCUT2D eigenvalue weighted by molar-refractivity contribution is -0.117. The van der Waals surface area contributed by atoms with E-state index in [9.17, 15) is 4.79 Å². The van der Waals surface area contributed by atoms with Crippen molar-refractivity contribution in [1.29, 1.82) is 0 Å². The molecule has 5 nitrogen and oxygen atoms in total. The molecule has 0 atom stereocenters. The number of nitrogen functional groups attached to an aromatic ring is 2. The molecule has 1 aromatic heterocycles. The van der Waals surface area contributed by atoms with Crippen LogP contribution in [0, 0.1) is 18.8 Å². The predicted octanol–water partition coefficient (Wildman–Crippen LogP) is -0.219. The van der Waals surface area contributed by atoms with Gasteiger partial charge in [0.1, 0.15) is 5.82 Å². The molecule has 0 spiro atoms. The molecule has 5 heteroatoms. The van der Waals surface area contributed by atoms with Gasteiger partial charge < -0.3 is 17.2 Å². The number of amides is 1. The zero-order chi connectivity index (χ0) is 11.4. The Bertz CT molecular complexity index is 456. The van der Waals surface area contributed by atoms with Crippen LogP contribution in [-0.4, -0.2) is 10.9 Å². The molecule has 0 fully saturated rings. The zero-order valence-electron chi connectivity index (χ0n) is 8.37. The smallest absolute Gasteiger partial charge is 0.229 e. The van der Waals surface area contributed by atoms with Crippen molar-refractivity contribution in [1.82, 2.24) is 4.98 Å². The van der Waals surface area contributed by atoms with Crippen molar-refractivity contribution < 1.29 is 4.79 Å². The predicted molar refractivity (Wildman–Crippen MR) is 58.5 cm³/mol. The molecule has 0 saturated carbocycles. The van der Waals surface area contributed by atoms with Gasteiger partial charge in [-0.15, -0.1) is 0 Å². The first-order valence-electron chi connectivity index (χ1n) is 4.30. The molecule has 0 aromatic carbocycles. The number of nitrogens with two attached hydrogens (primary N) is 3. The number of primary amides is 1. The van der Waals surface area contributed by atoms with E-state index in [4.69, 9.17) is 17.2 Å². The summed E-state index contributed by atoms with van der Waals surface area (Å²) in [4.78, 5) is 14.3. The molecule has 0 aliphatic heterocycles. The molecule has 1 heterocycles. The fourth-order valence-electron chi connectivity index (χ4n) is 0.990. The molecule has 1 aromatic rings. The van der Waals surface area contributed by atoms with Crippen LogP contribution in [0.5, 0.6) is 0 Å². The van der Waals surface area contributed by atoms with Crippen molar-refractivity contribution in [3.63, 3.8) is 0 Å². The average Bonchev–Trinajstić information content (AvgIpc) is 2.18. The number of aromatic nitrogens is 1. The summed E-state index contributed by atoms with van der Waals surface area (Å²) < 4.78 is 0. The van der Waals surface area contributed by atoms with E-state index in [0.717, 1.165) is 5.56 Å². The van der Waals surface area contributed by atoms with Crippen LogP contribution >= 0.6 is 0 Å². The number of anilines is 2. The summed E-state index contributed by atoms with van der Waals surface area (Å²) >= 11 is 0. The maximum Gasteiger partial charge on any atom is 0.229 e. The maximum atomic E-state index is 10.5. The molecule has 0 bridgehead atoms. The topological polar surface area (TPSA) is 108 Å². The van der Waals surface area contributed by atoms with E-state index >= 15 is 0 Å². The minimum absolute atomic E-state index is 0.0176. The van der Waals surface area contributed by atoms with Crippen LogP contribution in [0.2, 0.25) is 0 Å². The summed E-state index contributed by atoms with van der Waals surface area (Å²) in [7, 11) is 0. The fraction of sp³-hybridized carbons (Fsp3) is 0.200. The lowest BCUT2D eigenvalue weighted by Gasteiger charge is -2.04. The summed E-state index contributed by atoms with van der Waals surface area (Å²) in [5.41, 5.74) is 18.0. The number of carbonyl (C=O) groups is 1. The van der Waals surface area contributed by atoms with Crippen molar-refractivity contribution in [2.45, 2.75) is 13.3 Å². The Hall–Kier alpha value is -2.22. The van der Waals surface area contributed by atoms with Gasteiger partial charge in [-0.1, -0.05) is 11.8 Å². The molecule has 15 heavy (non-hydrogen) atoms. The number of rotatable bonds is 1. The van der Waals surface area contributed by atoms with Crippen LogP contribution in [0.4, 0.5) is 11.5 Å². The second-order valence-corrected chi connectivity index (χ2v) is 3.04. The molecular weight excluding hydrogens is 192 g/mol. The fourth-order valence-corrected chi connectivity index (χ4v) is 0.990. The molecule has 0 radical (unpaired) electrons. The number of hydrogen-bond donors (Lipinski definition) is 3. The van der Waals surface area contributed by atoms with Gasteiger partial charge in [0.15, 0.2) is 0 Å². The van der Waals surface area contributed by atoms with E-state index in [2.05, 4.69) is 16.8 Å². The van der Waals surface area contributed by atoms with Crippen LogP contribution in [0.1, 0.15) is 17.5 Å². The Kier molecular flexibility index (Phi) is 3.13. The third-order valence-corrected chi connectivity index (χ3v) is 1.90. The first-order valence-corrected chi connectivity index (χ1v) is 4.30. The van der Waals surface area contributed by atoms with Crippen LogP contribution < -0.4 is 17.2 Å². The Balaban J connectivity index is 3.00. The Labute approximate surface area is 87.7 Å². The summed E-state index contributed by atoms with van der Waals surface area (Å²) in [5, 5.41) is 0. The van der Waals surface area contributed by atoms with Crippen molar-refractivity contribution in [3.8, 4) is 11.8 Å². The van der Waals surface area contributed by atoms with Gasteiger partial charge in [-0.2, -0.15) is 0 Å². The monoisotopic (exact) mass is 204 g/mol. The molecular formula is C10H12N4O. The van der Waals surface area contributed by atoms with E-state index < -0.39 is 5.91 Å². The van der Waals surface area contributed by atoms with Gasteiger partial charge in [0, 0.05) is 11.8 Å². The first kappa shape index (κ1) is 10.9. The Morgan fingerprint density at radius 2 is 2.20 bits per heavy atom. The third-order valence-electron chi connectivity index (χ3n) is 1.90. The van der Waals surface area contributed by atoms with Crippen LogP contribution in [-0.2, 0) is 4.79 Å². The third kappa shape index (κ3) is 2.61. The largest absolute Gasteiger partial charge is 0.395 e. The van der Waals surface area contributed by atoms with E-state index in [-0.39, 0.29) is 12.2 Å². The average molecular weight is 204 g/mol. The lowest BCUT2D eigenvalue weighted by Crippen LogP contribution is -2.08. The number of pyridine rings is 1.